The first-order valence-corrected chi connectivity index (χ1v) is 9.98. The molecule has 0 aromatic heterocycles. The van der Waals surface area contributed by atoms with Gasteiger partial charge in [0.25, 0.3) is 0 Å². The predicted molar refractivity (Wildman–Crippen MR) is 113 cm³/mol. The van der Waals surface area contributed by atoms with Gasteiger partial charge in [-0.25, -0.2) is 10.0 Å². The Labute approximate surface area is 167 Å². The Balaban J connectivity index is 1.47. The topological polar surface area (TPSA) is 74.1 Å². The molecule has 0 unspecified atom stereocenters. The van der Waals surface area contributed by atoms with Gasteiger partial charge in [0.15, 0.2) is 11.0 Å². The van der Waals surface area contributed by atoms with E-state index in [0.717, 1.165) is 22.8 Å². The number of ketones is 1. The van der Waals surface area contributed by atoms with Crippen molar-refractivity contribution in [2.75, 3.05) is 5.32 Å². The lowest BCUT2D eigenvalue weighted by atomic mass is 10.0. The number of hydrogen-bond acceptors (Lipinski definition) is 6. The lowest BCUT2D eigenvalue weighted by molar-refractivity contribution is -0.115. The minimum absolute atomic E-state index is 0.00175. The molecule has 7 heteroatoms. The van der Waals surface area contributed by atoms with Crippen molar-refractivity contribution < 1.29 is 9.59 Å². The molecule has 2 aromatic carbocycles. The first-order chi connectivity index (χ1) is 13.5. The fourth-order valence-electron chi connectivity index (χ4n) is 3.21. The number of Topliss-reactive ketones (excluding diaryl/α,β-unsaturated/α-hetero) is 1. The van der Waals surface area contributed by atoms with Gasteiger partial charge in [0.2, 0.25) is 5.91 Å². The van der Waals surface area contributed by atoms with E-state index in [1.165, 1.54) is 18.7 Å². The average Bonchev–Trinajstić information content (AvgIpc) is 3.19. The van der Waals surface area contributed by atoms with Crippen molar-refractivity contribution in [1.82, 2.24) is 5.01 Å². The van der Waals surface area contributed by atoms with Crippen LogP contribution >= 0.6 is 11.8 Å². The van der Waals surface area contributed by atoms with Gasteiger partial charge in [0.1, 0.15) is 0 Å². The molecule has 1 amide bonds. The van der Waals surface area contributed by atoms with Crippen molar-refractivity contribution in [3.05, 3.63) is 59.7 Å². The van der Waals surface area contributed by atoms with Crippen molar-refractivity contribution >= 4 is 46.2 Å². The monoisotopic (exact) mass is 392 g/mol. The molecule has 0 saturated heterocycles. The number of amidine groups is 1. The number of benzene rings is 2. The van der Waals surface area contributed by atoms with E-state index in [-0.39, 0.29) is 23.0 Å². The van der Waals surface area contributed by atoms with Crippen LogP contribution in [0.25, 0.3) is 0 Å². The third-order valence-electron chi connectivity index (χ3n) is 4.75. The lowest BCUT2D eigenvalue weighted by Crippen LogP contribution is -2.31. The molecule has 0 fully saturated rings. The number of hydrogen-bond donors (Lipinski definition) is 1. The van der Waals surface area contributed by atoms with E-state index in [2.05, 4.69) is 16.5 Å². The molecule has 6 nitrogen and oxygen atoms in total. The summed E-state index contributed by atoms with van der Waals surface area (Å²) in [7, 11) is 0. The van der Waals surface area contributed by atoms with Crippen molar-refractivity contribution in [3.8, 4) is 0 Å². The van der Waals surface area contributed by atoms with Gasteiger partial charge in [-0.1, -0.05) is 30.0 Å². The zero-order valence-corrected chi connectivity index (χ0v) is 16.4. The summed E-state index contributed by atoms with van der Waals surface area (Å²) in [6, 6.07) is 15.1. The second-order valence-electron chi connectivity index (χ2n) is 6.73. The number of carbonyl (C=O) groups excluding carboxylic acids is 2. The minimum atomic E-state index is -0.354. The molecular formula is C21H20N4O2S. The summed E-state index contributed by atoms with van der Waals surface area (Å²) < 4.78 is 0. The van der Waals surface area contributed by atoms with Crippen LogP contribution in [0.15, 0.2) is 58.6 Å². The molecule has 2 aliphatic rings. The third kappa shape index (κ3) is 3.57. The maximum absolute atomic E-state index is 12.6. The van der Waals surface area contributed by atoms with Gasteiger partial charge in [0.05, 0.1) is 17.0 Å². The molecule has 0 saturated carbocycles. The number of nitrogens with zero attached hydrogens (tertiary/aromatic N) is 3. The van der Waals surface area contributed by atoms with Gasteiger partial charge < -0.3 is 5.32 Å². The van der Waals surface area contributed by atoms with Crippen LogP contribution in [0.4, 0.5) is 11.4 Å². The zero-order valence-electron chi connectivity index (χ0n) is 15.6. The molecule has 0 spiro atoms. The number of thioether (sulfide) groups is 1. The fraction of sp³-hybridized carbons (Fsp3) is 0.238. The van der Waals surface area contributed by atoms with Crippen LogP contribution in [0.5, 0.6) is 0 Å². The Hall–Kier alpha value is -2.93. The highest BCUT2D eigenvalue weighted by Gasteiger charge is 2.34. The van der Waals surface area contributed by atoms with Crippen LogP contribution in [-0.4, -0.2) is 33.3 Å². The molecule has 2 atom stereocenters. The lowest BCUT2D eigenvalue weighted by Gasteiger charge is -2.30. The van der Waals surface area contributed by atoms with Crippen molar-refractivity contribution in [2.24, 2.45) is 10.1 Å². The quantitative estimate of drug-likeness (QED) is 0.784. The number of aliphatic imine (C=N–C) groups is 1. The largest absolute Gasteiger partial charge is 0.325 e. The molecule has 1 N–H and O–H groups in total. The van der Waals surface area contributed by atoms with Crippen LogP contribution in [0.3, 0.4) is 0 Å². The predicted octanol–water partition coefficient (Wildman–Crippen LogP) is 4.38. The van der Waals surface area contributed by atoms with E-state index in [4.69, 9.17) is 4.99 Å². The van der Waals surface area contributed by atoms with Crippen LogP contribution in [0.2, 0.25) is 0 Å². The number of nitrogens with one attached hydrogen (secondary N) is 1. The summed E-state index contributed by atoms with van der Waals surface area (Å²) in [6.45, 7) is 3.37. The van der Waals surface area contributed by atoms with E-state index in [9.17, 15) is 9.59 Å². The number of amides is 1. The van der Waals surface area contributed by atoms with Gasteiger partial charge in [-0.2, -0.15) is 5.10 Å². The number of carbonyl (C=O) groups is 2. The van der Waals surface area contributed by atoms with Crippen LogP contribution in [0.1, 0.15) is 42.2 Å². The summed E-state index contributed by atoms with van der Waals surface area (Å²) in [5, 5.41) is 9.62. The summed E-state index contributed by atoms with van der Waals surface area (Å²) in [5.74, 6) is -0.125. The van der Waals surface area contributed by atoms with Gasteiger partial charge in [-0.15, -0.1) is 0 Å². The maximum Gasteiger partial charge on any atom is 0.237 e. The Morgan fingerprint density at radius 3 is 2.68 bits per heavy atom. The molecule has 0 aliphatic carbocycles. The number of anilines is 1. The number of hydrazone groups is 1. The average molecular weight is 392 g/mol. The van der Waals surface area contributed by atoms with Gasteiger partial charge in [0, 0.05) is 29.4 Å². The normalized spacial score (nSPS) is 18.1. The Kier molecular flexibility index (Phi) is 5.00. The Bertz CT molecular complexity index is 984. The Morgan fingerprint density at radius 2 is 1.93 bits per heavy atom. The van der Waals surface area contributed by atoms with Crippen molar-refractivity contribution in [3.63, 3.8) is 0 Å². The van der Waals surface area contributed by atoms with Gasteiger partial charge in [-0.3, -0.25) is 9.59 Å². The second-order valence-corrected chi connectivity index (χ2v) is 8.04. The fourth-order valence-corrected chi connectivity index (χ4v) is 4.12. The molecule has 0 radical (unpaired) electrons. The van der Waals surface area contributed by atoms with E-state index >= 15 is 0 Å². The third-order valence-corrected chi connectivity index (χ3v) is 5.80. The molecule has 0 bridgehead atoms. The molecule has 2 aliphatic heterocycles. The highest BCUT2D eigenvalue weighted by atomic mass is 32.2. The van der Waals surface area contributed by atoms with Crippen LogP contribution < -0.4 is 5.32 Å². The summed E-state index contributed by atoms with van der Waals surface area (Å²) in [5.41, 5.74) is 3.38. The highest BCUT2D eigenvalue weighted by Crippen LogP contribution is 2.41. The smallest absolute Gasteiger partial charge is 0.237 e. The first-order valence-electron chi connectivity index (χ1n) is 9.11. The van der Waals surface area contributed by atoms with Gasteiger partial charge >= 0.3 is 0 Å². The van der Waals surface area contributed by atoms with Gasteiger partial charge in [-0.05, 0) is 44.2 Å². The van der Waals surface area contributed by atoms with Crippen molar-refractivity contribution in [1.29, 1.82) is 0 Å². The van der Waals surface area contributed by atoms with Crippen LogP contribution in [0, 0.1) is 0 Å². The number of para-hydroxylation sites is 1. The van der Waals surface area contributed by atoms with E-state index < -0.39 is 0 Å². The molecule has 142 valence electrons. The highest BCUT2D eigenvalue weighted by molar-refractivity contribution is 8.14. The second kappa shape index (κ2) is 7.59. The van der Waals surface area contributed by atoms with E-state index in [1.807, 2.05) is 36.3 Å². The number of fused-ring (bicyclic) bond motifs is 3. The molecular weight excluding hydrogens is 372 g/mol. The maximum atomic E-state index is 12.6. The van der Waals surface area contributed by atoms with E-state index in [0.29, 0.717) is 11.3 Å². The molecule has 4 rings (SSSR count). The zero-order chi connectivity index (χ0) is 19.7. The molecule has 28 heavy (non-hydrogen) atoms. The Morgan fingerprint density at radius 1 is 1.18 bits per heavy atom. The molecule has 2 heterocycles. The molecule has 2 aromatic rings. The summed E-state index contributed by atoms with van der Waals surface area (Å²) in [4.78, 5) is 28.7. The standard InChI is InChI=1S/C21H20N4O2S/c1-13(26)15-7-9-16(10-8-15)23-20(27)14(2)28-21-24-18-6-4-3-5-17(18)19-11-12-22-25(19)21/h3-10,12,14,19H,11H2,1-2H3,(H,23,27)/t14-,19+/m0/s1. The minimum Gasteiger partial charge on any atom is -0.325 e. The van der Waals surface area contributed by atoms with Crippen LogP contribution in [-0.2, 0) is 4.79 Å². The van der Waals surface area contributed by atoms with Crippen molar-refractivity contribution in [2.45, 2.75) is 31.6 Å². The first kappa shape index (κ1) is 18.4. The summed E-state index contributed by atoms with van der Waals surface area (Å²) >= 11 is 1.39. The summed E-state index contributed by atoms with van der Waals surface area (Å²) in [6.07, 6.45) is 2.73. The SMILES string of the molecule is CC(=O)c1ccc(NC(=O)[C@H](C)SC2=Nc3ccccc3[C@H]3CC=NN23)cc1. The van der Waals surface area contributed by atoms with E-state index in [1.54, 1.807) is 24.3 Å². The number of rotatable bonds is 4.